The number of rotatable bonds is 5. The van der Waals surface area contributed by atoms with Crippen LogP contribution in [0.1, 0.15) is 10.7 Å². The molecule has 3 aromatic heterocycles. The minimum absolute atomic E-state index is 0.168. The zero-order valence-corrected chi connectivity index (χ0v) is 12.2. The highest BCUT2D eigenvalue weighted by Gasteiger charge is 2.06. The monoisotopic (exact) mass is 302 g/mol. The maximum absolute atomic E-state index is 5.71. The number of thiazole rings is 1. The van der Waals surface area contributed by atoms with Crippen LogP contribution in [0.2, 0.25) is 0 Å². The highest BCUT2D eigenvalue weighted by Crippen LogP contribution is 2.10. The SMILES string of the molecule is Cc1csc(CCNc2nc(N)nc(-n3ccnc3)n2)n1. The summed E-state index contributed by atoms with van der Waals surface area (Å²) in [5.41, 5.74) is 6.75. The second-order valence-electron chi connectivity index (χ2n) is 4.35. The van der Waals surface area contributed by atoms with E-state index in [2.05, 4.69) is 30.2 Å². The molecule has 0 aliphatic carbocycles. The lowest BCUT2D eigenvalue weighted by Crippen LogP contribution is -2.12. The fourth-order valence-electron chi connectivity index (χ4n) is 1.75. The molecule has 0 aliphatic heterocycles. The van der Waals surface area contributed by atoms with E-state index in [1.54, 1.807) is 34.6 Å². The quantitative estimate of drug-likeness (QED) is 0.725. The first-order chi connectivity index (χ1) is 10.2. The molecule has 0 fully saturated rings. The topological polar surface area (TPSA) is 107 Å². The van der Waals surface area contributed by atoms with Crippen LogP contribution in [0.15, 0.2) is 24.1 Å². The van der Waals surface area contributed by atoms with Crippen molar-refractivity contribution in [1.29, 1.82) is 0 Å². The Bertz CT molecular complexity index is 721. The second kappa shape index (κ2) is 5.83. The molecule has 3 heterocycles. The minimum atomic E-state index is 0.168. The molecule has 0 unspecified atom stereocenters. The summed E-state index contributed by atoms with van der Waals surface area (Å²) in [6.45, 7) is 2.66. The molecule has 0 saturated heterocycles. The summed E-state index contributed by atoms with van der Waals surface area (Å²) in [6.07, 6.45) is 5.82. The number of nitrogen functional groups attached to an aromatic ring is 1. The summed E-state index contributed by atoms with van der Waals surface area (Å²) in [5.74, 6) is 1.05. The molecule has 0 spiro atoms. The third-order valence-electron chi connectivity index (χ3n) is 2.66. The minimum Gasteiger partial charge on any atom is -0.368 e. The van der Waals surface area contributed by atoms with Gasteiger partial charge in [0.05, 0.1) is 5.01 Å². The molecule has 8 nitrogen and oxygen atoms in total. The van der Waals surface area contributed by atoms with Gasteiger partial charge in [-0.1, -0.05) is 0 Å². The van der Waals surface area contributed by atoms with Crippen molar-refractivity contribution in [2.45, 2.75) is 13.3 Å². The molecule has 0 atom stereocenters. The van der Waals surface area contributed by atoms with Crippen molar-refractivity contribution in [1.82, 2.24) is 29.5 Å². The van der Waals surface area contributed by atoms with Crippen molar-refractivity contribution in [3.05, 3.63) is 34.8 Å². The highest BCUT2D eigenvalue weighted by molar-refractivity contribution is 7.09. The van der Waals surface area contributed by atoms with E-state index in [4.69, 9.17) is 5.73 Å². The van der Waals surface area contributed by atoms with Crippen LogP contribution in [0, 0.1) is 6.92 Å². The Morgan fingerprint density at radius 2 is 2.19 bits per heavy atom. The smallest absolute Gasteiger partial charge is 0.241 e. The third-order valence-corrected chi connectivity index (χ3v) is 3.69. The molecular formula is C12H14N8S. The zero-order valence-electron chi connectivity index (χ0n) is 11.4. The van der Waals surface area contributed by atoms with E-state index in [-0.39, 0.29) is 5.95 Å². The third kappa shape index (κ3) is 3.31. The van der Waals surface area contributed by atoms with Crippen LogP contribution in [0.25, 0.3) is 5.95 Å². The average molecular weight is 302 g/mol. The lowest BCUT2D eigenvalue weighted by molar-refractivity contribution is 0.888. The Hall–Kier alpha value is -2.55. The summed E-state index contributed by atoms with van der Waals surface area (Å²) < 4.78 is 1.67. The summed E-state index contributed by atoms with van der Waals surface area (Å²) in [5, 5.41) is 6.25. The van der Waals surface area contributed by atoms with Crippen LogP contribution < -0.4 is 11.1 Å². The Balaban J connectivity index is 1.68. The molecule has 9 heteroatoms. The lowest BCUT2D eigenvalue weighted by atomic mass is 10.4. The molecule has 108 valence electrons. The number of nitrogens with two attached hydrogens (primary N) is 1. The largest absolute Gasteiger partial charge is 0.368 e. The van der Waals surface area contributed by atoms with Gasteiger partial charge in [-0.05, 0) is 6.92 Å². The zero-order chi connectivity index (χ0) is 14.7. The molecule has 0 aliphatic rings. The number of nitrogens with zero attached hydrogens (tertiary/aromatic N) is 6. The van der Waals surface area contributed by atoms with Crippen molar-refractivity contribution in [3.8, 4) is 5.95 Å². The molecule has 0 radical (unpaired) electrons. The van der Waals surface area contributed by atoms with Crippen LogP contribution in [0.4, 0.5) is 11.9 Å². The first-order valence-corrected chi connectivity index (χ1v) is 7.23. The molecule has 0 saturated carbocycles. The van der Waals surface area contributed by atoms with Gasteiger partial charge >= 0.3 is 0 Å². The Morgan fingerprint density at radius 3 is 2.90 bits per heavy atom. The molecule has 0 aromatic carbocycles. The standard InChI is InChI=1S/C12H14N8S/c1-8-6-21-9(16-8)2-3-15-11-17-10(13)18-12(19-11)20-5-4-14-7-20/h4-7H,2-3H2,1H3,(H3,13,15,17,18,19). The predicted molar refractivity (Wildman–Crippen MR) is 80.4 cm³/mol. The molecular weight excluding hydrogens is 288 g/mol. The number of aryl methyl sites for hydroxylation is 1. The van der Waals surface area contributed by atoms with E-state index >= 15 is 0 Å². The summed E-state index contributed by atoms with van der Waals surface area (Å²) in [6, 6.07) is 0. The van der Waals surface area contributed by atoms with Gasteiger partial charge in [-0.15, -0.1) is 11.3 Å². The molecule has 21 heavy (non-hydrogen) atoms. The van der Waals surface area contributed by atoms with Crippen LogP contribution in [-0.4, -0.2) is 36.0 Å². The molecule has 0 bridgehead atoms. The lowest BCUT2D eigenvalue weighted by Gasteiger charge is -2.06. The van der Waals surface area contributed by atoms with Gasteiger partial charge in [0.2, 0.25) is 17.8 Å². The van der Waals surface area contributed by atoms with Gasteiger partial charge in [0.25, 0.3) is 0 Å². The van der Waals surface area contributed by atoms with E-state index in [0.29, 0.717) is 18.4 Å². The van der Waals surface area contributed by atoms with Crippen molar-refractivity contribution >= 4 is 23.2 Å². The van der Waals surface area contributed by atoms with E-state index < -0.39 is 0 Å². The van der Waals surface area contributed by atoms with E-state index in [9.17, 15) is 0 Å². The molecule has 0 amide bonds. The van der Waals surface area contributed by atoms with E-state index in [1.807, 2.05) is 12.3 Å². The molecule has 3 rings (SSSR count). The number of nitrogens with one attached hydrogen (secondary N) is 1. The number of hydrogen-bond donors (Lipinski definition) is 2. The number of anilines is 2. The first-order valence-electron chi connectivity index (χ1n) is 6.35. The van der Waals surface area contributed by atoms with Crippen LogP contribution in [0.3, 0.4) is 0 Å². The van der Waals surface area contributed by atoms with Crippen LogP contribution in [0.5, 0.6) is 0 Å². The number of hydrogen-bond acceptors (Lipinski definition) is 8. The van der Waals surface area contributed by atoms with Gasteiger partial charge in [0, 0.05) is 36.4 Å². The van der Waals surface area contributed by atoms with Crippen molar-refractivity contribution in [3.63, 3.8) is 0 Å². The summed E-state index contributed by atoms with van der Waals surface area (Å²) in [4.78, 5) is 20.8. The van der Waals surface area contributed by atoms with Crippen LogP contribution in [-0.2, 0) is 6.42 Å². The predicted octanol–water partition coefficient (Wildman–Crippen LogP) is 1.06. The average Bonchev–Trinajstić information content (AvgIpc) is 3.10. The van der Waals surface area contributed by atoms with Gasteiger partial charge in [-0.3, -0.25) is 4.57 Å². The number of imidazole rings is 1. The normalized spacial score (nSPS) is 10.7. The molecule has 3 N–H and O–H groups in total. The first kappa shape index (κ1) is 13.4. The summed E-state index contributed by atoms with van der Waals surface area (Å²) >= 11 is 1.65. The van der Waals surface area contributed by atoms with Crippen molar-refractivity contribution < 1.29 is 0 Å². The Kier molecular flexibility index (Phi) is 3.73. The summed E-state index contributed by atoms with van der Waals surface area (Å²) in [7, 11) is 0. The van der Waals surface area contributed by atoms with Crippen LogP contribution >= 0.6 is 11.3 Å². The van der Waals surface area contributed by atoms with E-state index in [0.717, 1.165) is 17.1 Å². The maximum Gasteiger partial charge on any atom is 0.241 e. The fourth-order valence-corrected chi connectivity index (χ4v) is 2.53. The number of aromatic nitrogens is 6. The van der Waals surface area contributed by atoms with Gasteiger partial charge in [-0.25, -0.2) is 9.97 Å². The maximum atomic E-state index is 5.71. The Labute approximate surface area is 125 Å². The fraction of sp³-hybridized carbons (Fsp3) is 0.250. The highest BCUT2D eigenvalue weighted by atomic mass is 32.1. The van der Waals surface area contributed by atoms with E-state index in [1.165, 1.54) is 0 Å². The second-order valence-corrected chi connectivity index (χ2v) is 5.29. The van der Waals surface area contributed by atoms with Gasteiger partial charge in [0.1, 0.15) is 6.33 Å². The van der Waals surface area contributed by atoms with Crippen molar-refractivity contribution in [2.75, 3.05) is 17.6 Å². The van der Waals surface area contributed by atoms with Gasteiger partial charge in [-0.2, -0.15) is 15.0 Å². The van der Waals surface area contributed by atoms with Crippen molar-refractivity contribution in [2.24, 2.45) is 0 Å². The molecule has 3 aromatic rings. The Morgan fingerprint density at radius 1 is 1.29 bits per heavy atom. The van der Waals surface area contributed by atoms with Gasteiger partial charge in [0.15, 0.2) is 0 Å². The van der Waals surface area contributed by atoms with Gasteiger partial charge < -0.3 is 11.1 Å².